The number of rotatable bonds is 16. The van der Waals surface area contributed by atoms with Crippen LogP contribution in [0.1, 0.15) is 55.7 Å². The van der Waals surface area contributed by atoms with Crippen molar-refractivity contribution < 1.29 is 32.0 Å². The fourth-order valence-corrected chi connectivity index (χ4v) is 7.74. The highest BCUT2D eigenvalue weighted by atomic mass is 31.2. The van der Waals surface area contributed by atoms with E-state index in [1.165, 1.54) is 0 Å². The summed E-state index contributed by atoms with van der Waals surface area (Å²) < 4.78 is 50.3. The molecule has 1 amide bonds. The fraction of sp³-hybridized carbons (Fsp3) is 0.458. The van der Waals surface area contributed by atoms with Crippen LogP contribution in [0.5, 0.6) is 0 Å². The predicted molar refractivity (Wildman–Crippen MR) is 136 cm³/mol. The smallest absolute Gasteiger partial charge is 0.308 e. The Kier molecular flexibility index (Phi) is 12.3. The Hall–Kier alpha value is -1.83. The average molecular weight is 527 g/mol. The normalized spacial score (nSPS) is 13.8. The lowest BCUT2D eigenvalue weighted by Gasteiger charge is -2.33. The molecule has 0 saturated carbocycles. The van der Waals surface area contributed by atoms with Crippen LogP contribution >= 0.6 is 15.2 Å². The van der Waals surface area contributed by atoms with Gasteiger partial charge in [-0.15, -0.1) is 0 Å². The number of nitrogens with one attached hydrogen (secondary N) is 2. The van der Waals surface area contributed by atoms with Gasteiger partial charge in [0, 0.05) is 5.56 Å². The number of carbonyl (C=O) groups excluding carboxylic acids is 1. The van der Waals surface area contributed by atoms with E-state index >= 15 is 0 Å². The molecule has 0 aliphatic rings. The maximum atomic E-state index is 13.9. The van der Waals surface area contributed by atoms with Crippen LogP contribution in [0, 0.1) is 0 Å². The zero-order valence-electron chi connectivity index (χ0n) is 20.7. The zero-order valence-corrected chi connectivity index (χ0v) is 22.5. The average Bonchev–Trinajstić information content (AvgIpc) is 2.85. The lowest BCUT2D eigenvalue weighted by Crippen LogP contribution is -2.45. The fourth-order valence-electron chi connectivity index (χ4n) is 3.57. The first kappa shape index (κ1) is 29.4. The van der Waals surface area contributed by atoms with E-state index in [0.29, 0.717) is 11.1 Å². The second-order valence-corrected chi connectivity index (χ2v) is 11.8. The van der Waals surface area contributed by atoms with Gasteiger partial charge in [0.1, 0.15) is 5.78 Å². The lowest BCUT2D eigenvalue weighted by atomic mass is 10.1. The number of hydrogen-bond acceptors (Lipinski definition) is 8. The monoisotopic (exact) mass is 526 g/mol. The van der Waals surface area contributed by atoms with Gasteiger partial charge in [-0.25, -0.2) is 5.43 Å². The summed E-state index contributed by atoms with van der Waals surface area (Å²) >= 11 is 0. The summed E-state index contributed by atoms with van der Waals surface area (Å²) in [5.74, 6) is -1.47. The van der Waals surface area contributed by atoms with E-state index in [4.69, 9.17) is 18.1 Å². The molecule has 2 aromatic carbocycles. The van der Waals surface area contributed by atoms with Crippen LogP contribution in [-0.2, 0) is 27.2 Å². The molecule has 0 heterocycles. The van der Waals surface area contributed by atoms with Gasteiger partial charge in [-0.05, 0) is 51.8 Å². The molecule has 2 unspecified atom stereocenters. The van der Waals surface area contributed by atoms with Crippen molar-refractivity contribution in [2.24, 2.45) is 0 Å². The Bertz CT molecular complexity index is 972. The largest absolute Gasteiger partial charge is 0.349 e. The molecule has 0 spiro atoms. The third kappa shape index (κ3) is 8.36. The Morgan fingerprint density at radius 3 is 1.69 bits per heavy atom. The first-order chi connectivity index (χ1) is 16.8. The molecule has 194 valence electrons. The predicted octanol–water partition coefficient (Wildman–Crippen LogP) is 5.91. The van der Waals surface area contributed by atoms with Gasteiger partial charge in [0.15, 0.2) is 0 Å². The van der Waals surface area contributed by atoms with Crippen molar-refractivity contribution in [1.29, 1.82) is 0 Å². The maximum Gasteiger partial charge on any atom is 0.349 e. The van der Waals surface area contributed by atoms with Gasteiger partial charge in [-0.1, -0.05) is 48.5 Å². The molecule has 0 bridgehead atoms. The minimum absolute atomic E-state index is 0.0202. The highest BCUT2D eigenvalue weighted by Crippen LogP contribution is 2.65. The van der Waals surface area contributed by atoms with Crippen molar-refractivity contribution in [1.82, 2.24) is 10.9 Å². The highest BCUT2D eigenvalue weighted by molar-refractivity contribution is 7.55. The Morgan fingerprint density at radius 1 is 0.743 bits per heavy atom. The third-order valence-corrected chi connectivity index (χ3v) is 9.87. The summed E-state index contributed by atoms with van der Waals surface area (Å²) in [5.41, 5.74) is 5.73. The molecule has 2 atom stereocenters. The molecule has 0 radical (unpaired) electrons. The van der Waals surface area contributed by atoms with Gasteiger partial charge in [-0.3, -0.25) is 19.4 Å². The molecular weight excluding hydrogens is 490 g/mol. The summed E-state index contributed by atoms with van der Waals surface area (Å²) in [4.78, 5) is 12.7. The van der Waals surface area contributed by atoms with Crippen LogP contribution in [0.3, 0.4) is 0 Å². The molecule has 2 aromatic rings. The van der Waals surface area contributed by atoms with Crippen molar-refractivity contribution in [3.8, 4) is 0 Å². The molecule has 11 heteroatoms. The first-order valence-electron chi connectivity index (χ1n) is 11.8. The lowest BCUT2D eigenvalue weighted by molar-refractivity contribution is 0.0926. The van der Waals surface area contributed by atoms with E-state index in [2.05, 4.69) is 10.9 Å². The topological polar surface area (TPSA) is 112 Å². The number of hydrogen-bond donors (Lipinski definition) is 2. The molecule has 0 aliphatic carbocycles. The Balaban J connectivity index is 2.46. The number of carbonyl (C=O) groups is 1. The molecule has 0 fully saturated rings. The molecule has 2 N–H and O–H groups in total. The Labute approximate surface area is 207 Å². The van der Waals surface area contributed by atoms with Crippen molar-refractivity contribution in [3.63, 3.8) is 0 Å². The van der Waals surface area contributed by atoms with Crippen molar-refractivity contribution >= 4 is 21.1 Å². The highest BCUT2D eigenvalue weighted by Gasteiger charge is 2.44. The standard InChI is InChI=1S/C24H36N2O7P2/c1-5-30-34(28,31-6-2)22(20-15-11-9-12-16-20)19-23(35(29,32-7-3)33-8-4)25-26-24(27)21-17-13-10-14-18-21/h9-18,22-23,25H,5-8,19H2,1-4H3,(H,26,27). The summed E-state index contributed by atoms with van der Waals surface area (Å²) in [6, 6.07) is 17.7. The van der Waals surface area contributed by atoms with Crippen LogP contribution in [0.2, 0.25) is 0 Å². The molecule has 9 nitrogen and oxygen atoms in total. The molecule has 0 saturated heterocycles. The van der Waals surface area contributed by atoms with Crippen LogP contribution in [0.15, 0.2) is 60.7 Å². The van der Waals surface area contributed by atoms with Crippen LogP contribution in [0.25, 0.3) is 0 Å². The van der Waals surface area contributed by atoms with Crippen LogP contribution < -0.4 is 10.9 Å². The molecular formula is C24H36N2O7P2. The summed E-state index contributed by atoms with van der Waals surface area (Å²) in [7, 11) is -7.52. The Morgan fingerprint density at radius 2 is 1.20 bits per heavy atom. The van der Waals surface area contributed by atoms with Gasteiger partial charge in [0.25, 0.3) is 5.91 Å². The van der Waals surface area contributed by atoms with E-state index in [9.17, 15) is 13.9 Å². The van der Waals surface area contributed by atoms with E-state index in [1.807, 2.05) is 18.2 Å². The van der Waals surface area contributed by atoms with Gasteiger partial charge in [-0.2, -0.15) is 0 Å². The molecule has 0 aliphatic heterocycles. The van der Waals surface area contributed by atoms with E-state index in [-0.39, 0.29) is 32.8 Å². The number of benzene rings is 2. The quantitative estimate of drug-likeness (QED) is 0.205. The third-order valence-electron chi connectivity index (χ3n) is 5.02. The molecule has 35 heavy (non-hydrogen) atoms. The second-order valence-electron chi connectivity index (χ2n) is 7.39. The van der Waals surface area contributed by atoms with Crippen LogP contribution in [0.4, 0.5) is 0 Å². The van der Waals surface area contributed by atoms with E-state index < -0.39 is 32.5 Å². The second kappa shape index (κ2) is 14.7. The van der Waals surface area contributed by atoms with Gasteiger partial charge < -0.3 is 18.1 Å². The number of hydrazine groups is 1. The zero-order chi connectivity index (χ0) is 25.7. The van der Waals surface area contributed by atoms with Crippen molar-refractivity contribution in [2.45, 2.75) is 45.6 Å². The van der Waals surface area contributed by atoms with Crippen LogP contribution in [-0.4, -0.2) is 38.1 Å². The van der Waals surface area contributed by atoms with Crippen molar-refractivity contribution in [2.75, 3.05) is 26.4 Å². The van der Waals surface area contributed by atoms with Gasteiger partial charge in [0.2, 0.25) is 0 Å². The molecule has 2 rings (SSSR count). The van der Waals surface area contributed by atoms with Gasteiger partial charge >= 0.3 is 15.2 Å². The number of amides is 1. The minimum atomic E-state index is -3.82. The van der Waals surface area contributed by atoms with Crippen molar-refractivity contribution in [3.05, 3.63) is 71.8 Å². The minimum Gasteiger partial charge on any atom is -0.308 e. The van der Waals surface area contributed by atoms with E-state index in [0.717, 1.165) is 0 Å². The maximum absolute atomic E-state index is 13.9. The van der Waals surface area contributed by atoms with Gasteiger partial charge in [0.05, 0.1) is 32.1 Å². The summed E-state index contributed by atoms with van der Waals surface area (Å²) in [6.45, 7) is 7.43. The summed E-state index contributed by atoms with van der Waals surface area (Å²) in [5, 5.41) is 0. The first-order valence-corrected chi connectivity index (χ1v) is 15.0. The SMILES string of the molecule is CCOP(=O)(OCC)C(CC(c1ccccc1)P(=O)(OCC)OCC)NNC(=O)c1ccccc1. The summed E-state index contributed by atoms with van der Waals surface area (Å²) in [6.07, 6.45) is -0.0202. The molecule has 0 aromatic heterocycles. The van der Waals surface area contributed by atoms with E-state index in [1.54, 1.807) is 70.2 Å².